The average Bonchev–Trinajstić information content (AvgIpc) is 3.14. The van der Waals surface area contributed by atoms with Crippen LogP contribution >= 0.6 is 41.9 Å². The molecule has 1 unspecified atom stereocenters. The Kier molecular flexibility index (Phi) is 6.65. The Bertz CT molecular complexity index is 936. The normalized spacial score (nSPS) is 16.6. The molecule has 0 amide bonds. The summed E-state index contributed by atoms with van der Waals surface area (Å²) in [5.74, 6) is 0. The van der Waals surface area contributed by atoms with E-state index in [2.05, 4.69) is 0 Å². The summed E-state index contributed by atoms with van der Waals surface area (Å²) >= 11 is 18.5. The molecule has 1 aliphatic carbocycles. The van der Waals surface area contributed by atoms with Gasteiger partial charge in [-0.05, 0) is 56.9 Å². The van der Waals surface area contributed by atoms with Crippen molar-refractivity contribution >= 4 is 53.0 Å². The highest BCUT2D eigenvalue weighted by atomic mass is 35.5. The van der Waals surface area contributed by atoms with Crippen LogP contribution in [-0.4, -0.2) is 16.7 Å². The highest BCUT2D eigenvalue weighted by Crippen LogP contribution is 2.62. The smallest absolute Gasteiger partial charge is 0.232 e. The Morgan fingerprint density at radius 2 is 1.28 bits per heavy atom. The molecule has 0 spiro atoms. The lowest BCUT2D eigenvalue weighted by Crippen LogP contribution is -2.21. The van der Waals surface area contributed by atoms with Crippen LogP contribution in [0.25, 0.3) is 0 Å². The molecule has 154 valence electrons. The molecule has 3 nitrogen and oxygen atoms in total. The van der Waals surface area contributed by atoms with Gasteiger partial charge in [-0.2, -0.15) is 0 Å². The van der Waals surface area contributed by atoms with Crippen molar-refractivity contribution in [3.8, 4) is 0 Å². The molecule has 0 saturated heterocycles. The third-order valence-corrected chi connectivity index (χ3v) is 9.57. The molecule has 2 aromatic rings. The molecule has 29 heavy (non-hydrogen) atoms. The maximum atomic E-state index is 14.3. The van der Waals surface area contributed by atoms with Crippen LogP contribution in [0.5, 0.6) is 0 Å². The number of aryl methyl sites for hydroxylation is 3. The first-order chi connectivity index (χ1) is 13.6. The average molecular weight is 472 g/mol. The summed E-state index contributed by atoms with van der Waals surface area (Å²) in [7, 11) is -4.02. The molecule has 0 heterocycles. The van der Waals surface area contributed by atoms with Crippen LogP contribution in [0, 0.1) is 20.8 Å². The van der Waals surface area contributed by atoms with Crippen molar-refractivity contribution in [3.63, 3.8) is 0 Å². The monoisotopic (exact) mass is 470 g/mol. The van der Waals surface area contributed by atoms with Crippen LogP contribution in [0.1, 0.15) is 63.1 Å². The SMILES string of the molecule is Cc1cc(C)c(C(=O)P(=O)(C(=O)c2c(Cl)cc(Cl)cc2Cl)C2CCCC2)c(C)c1. The van der Waals surface area contributed by atoms with Crippen LogP contribution < -0.4 is 0 Å². The molecule has 0 aliphatic heterocycles. The second kappa shape index (κ2) is 8.55. The molecular weight excluding hydrogens is 450 g/mol. The summed E-state index contributed by atoms with van der Waals surface area (Å²) in [6.45, 7) is 5.54. The highest BCUT2D eigenvalue weighted by molar-refractivity contribution is 7.96. The van der Waals surface area contributed by atoms with Gasteiger partial charge in [0.15, 0.2) is 0 Å². The number of benzene rings is 2. The standard InChI is InChI=1S/C22H22Cl3O3P/c1-12-8-13(2)19(14(3)9-12)21(26)29(28,16-6-4-5-7-16)22(27)20-17(24)10-15(23)11-18(20)25/h8-11,16H,4-7H2,1-3H3. The summed E-state index contributed by atoms with van der Waals surface area (Å²) in [6, 6.07) is 6.50. The van der Waals surface area contributed by atoms with Gasteiger partial charge in [-0.25, -0.2) is 0 Å². The molecule has 3 rings (SSSR count). The van der Waals surface area contributed by atoms with Gasteiger partial charge in [0.05, 0.1) is 15.6 Å². The minimum atomic E-state index is -4.02. The second-order valence-corrected chi connectivity index (χ2v) is 11.8. The molecule has 2 aromatic carbocycles. The fourth-order valence-electron chi connectivity index (χ4n) is 4.29. The van der Waals surface area contributed by atoms with E-state index in [0.29, 0.717) is 29.5 Å². The Morgan fingerprint density at radius 3 is 1.76 bits per heavy atom. The number of carbonyl (C=O) groups excluding carboxylic acids is 2. The van der Waals surface area contributed by atoms with Gasteiger partial charge >= 0.3 is 0 Å². The predicted octanol–water partition coefficient (Wildman–Crippen LogP) is 7.86. The van der Waals surface area contributed by atoms with Crippen LogP contribution in [0.2, 0.25) is 15.1 Å². The molecule has 0 aromatic heterocycles. The topological polar surface area (TPSA) is 51.2 Å². The lowest BCUT2D eigenvalue weighted by atomic mass is 10.0. The van der Waals surface area contributed by atoms with Gasteiger partial charge in [-0.1, -0.05) is 65.3 Å². The Balaban J connectivity index is 2.22. The summed E-state index contributed by atoms with van der Waals surface area (Å²) in [4.78, 5) is 27.3. The molecule has 7 heteroatoms. The summed E-state index contributed by atoms with van der Waals surface area (Å²) in [5.41, 5.74) is 0.863. The molecule has 1 aliphatic rings. The lowest BCUT2D eigenvalue weighted by Gasteiger charge is -2.24. The van der Waals surface area contributed by atoms with E-state index in [4.69, 9.17) is 34.8 Å². The van der Waals surface area contributed by atoms with Crippen molar-refractivity contribution in [2.45, 2.75) is 52.1 Å². The van der Waals surface area contributed by atoms with E-state index in [0.717, 1.165) is 18.4 Å². The van der Waals surface area contributed by atoms with Gasteiger partial charge in [-0.3, -0.25) is 9.59 Å². The van der Waals surface area contributed by atoms with Crippen molar-refractivity contribution in [1.29, 1.82) is 0 Å². The molecular formula is C22H22Cl3O3P. The number of carbonyl (C=O) groups is 2. The van der Waals surface area contributed by atoms with E-state index in [1.807, 2.05) is 19.1 Å². The van der Waals surface area contributed by atoms with Crippen molar-refractivity contribution in [2.24, 2.45) is 0 Å². The van der Waals surface area contributed by atoms with Gasteiger partial charge in [0.25, 0.3) is 0 Å². The second-order valence-electron chi connectivity index (χ2n) is 7.72. The third kappa shape index (κ3) is 4.08. The van der Waals surface area contributed by atoms with Crippen molar-refractivity contribution in [1.82, 2.24) is 0 Å². The minimum Gasteiger partial charge on any atom is -0.306 e. The molecule has 1 saturated carbocycles. The van der Waals surface area contributed by atoms with Gasteiger partial charge < -0.3 is 4.57 Å². The number of hydrogen-bond acceptors (Lipinski definition) is 3. The summed E-state index contributed by atoms with van der Waals surface area (Å²) in [6.07, 6.45) is 2.81. The number of halogens is 3. The zero-order valence-corrected chi connectivity index (χ0v) is 19.7. The van der Waals surface area contributed by atoms with Crippen molar-refractivity contribution in [2.75, 3.05) is 0 Å². The first-order valence-corrected chi connectivity index (χ1v) is 12.4. The van der Waals surface area contributed by atoms with E-state index in [1.165, 1.54) is 12.1 Å². The van der Waals surface area contributed by atoms with E-state index >= 15 is 0 Å². The van der Waals surface area contributed by atoms with E-state index in [1.54, 1.807) is 13.8 Å². The zero-order chi connectivity index (χ0) is 21.5. The Labute approximate surface area is 186 Å². The highest BCUT2D eigenvalue weighted by Gasteiger charge is 2.50. The van der Waals surface area contributed by atoms with E-state index in [-0.39, 0.29) is 20.6 Å². The lowest BCUT2D eigenvalue weighted by molar-refractivity contribution is 0.103. The first kappa shape index (κ1) is 22.6. The van der Waals surface area contributed by atoms with Gasteiger partial charge in [0, 0.05) is 16.2 Å². The van der Waals surface area contributed by atoms with Crippen LogP contribution in [0.3, 0.4) is 0 Å². The molecule has 1 atom stereocenters. The molecule has 0 N–H and O–H groups in total. The number of hydrogen-bond donors (Lipinski definition) is 0. The van der Waals surface area contributed by atoms with Crippen molar-refractivity contribution in [3.05, 3.63) is 67.2 Å². The number of rotatable bonds is 5. The van der Waals surface area contributed by atoms with Crippen LogP contribution in [-0.2, 0) is 4.57 Å². The maximum absolute atomic E-state index is 14.3. The zero-order valence-electron chi connectivity index (χ0n) is 16.5. The summed E-state index contributed by atoms with van der Waals surface area (Å²) < 4.78 is 14.3. The van der Waals surface area contributed by atoms with Gasteiger partial charge in [-0.15, -0.1) is 0 Å². The van der Waals surface area contributed by atoms with Crippen LogP contribution in [0.15, 0.2) is 24.3 Å². The predicted molar refractivity (Wildman–Crippen MR) is 121 cm³/mol. The Morgan fingerprint density at radius 1 is 0.828 bits per heavy atom. The molecule has 0 radical (unpaired) electrons. The molecule has 1 fully saturated rings. The fourth-order valence-corrected chi connectivity index (χ4v) is 8.61. The third-order valence-electron chi connectivity index (χ3n) is 5.55. The molecule has 0 bridgehead atoms. The van der Waals surface area contributed by atoms with E-state index in [9.17, 15) is 14.2 Å². The van der Waals surface area contributed by atoms with Crippen molar-refractivity contribution < 1.29 is 14.2 Å². The van der Waals surface area contributed by atoms with Crippen LogP contribution in [0.4, 0.5) is 0 Å². The van der Waals surface area contributed by atoms with Gasteiger partial charge in [0.2, 0.25) is 18.2 Å². The quantitative estimate of drug-likeness (QED) is 0.417. The largest absolute Gasteiger partial charge is 0.306 e. The minimum absolute atomic E-state index is 0.0101. The summed E-state index contributed by atoms with van der Waals surface area (Å²) in [5, 5.41) is 0.288. The Hall–Kier alpha value is -1.12. The van der Waals surface area contributed by atoms with E-state index < -0.39 is 23.8 Å². The van der Waals surface area contributed by atoms with Gasteiger partial charge in [0.1, 0.15) is 0 Å². The fraction of sp³-hybridized carbons (Fsp3) is 0.364. The maximum Gasteiger partial charge on any atom is 0.232 e. The first-order valence-electron chi connectivity index (χ1n) is 9.49.